The Morgan fingerprint density at radius 3 is 3.00 bits per heavy atom. The van der Waals surface area contributed by atoms with E-state index >= 15 is 0 Å². The Kier molecular flexibility index (Phi) is 4.27. The van der Waals surface area contributed by atoms with Crippen LogP contribution in [0.3, 0.4) is 0 Å². The van der Waals surface area contributed by atoms with Crippen molar-refractivity contribution in [3.05, 3.63) is 48.7 Å². The molecule has 0 spiro atoms. The molecule has 4 heterocycles. The summed E-state index contributed by atoms with van der Waals surface area (Å²) in [6, 6.07) is 8.68. The van der Waals surface area contributed by atoms with Crippen LogP contribution in [0, 0.1) is 11.8 Å². The lowest BCUT2D eigenvalue weighted by molar-refractivity contribution is 0.0185. The molecule has 5 rings (SSSR count). The highest BCUT2D eigenvalue weighted by atomic mass is 32.1. The first-order chi connectivity index (χ1) is 11.7. The summed E-state index contributed by atoms with van der Waals surface area (Å²) < 4.78 is 5.41. The number of hydrogen-bond donors (Lipinski definition) is 1. The summed E-state index contributed by atoms with van der Waals surface area (Å²) in [6.07, 6.45) is 6.54. The second-order valence-corrected chi connectivity index (χ2v) is 7.53. The van der Waals surface area contributed by atoms with Crippen LogP contribution in [0.15, 0.2) is 43.1 Å². The van der Waals surface area contributed by atoms with Gasteiger partial charge in [-0.15, -0.1) is 6.58 Å². The number of benzene rings is 1. The molecule has 2 aromatic rings. The van der Waals surface area contributed by atoms with Gasteiger partial charge in [0.1, 0.15) is 5.75 Å². The summed E-state index contributed by atoms with van der Waals surface area (Å²) in [5, 5.41) is 1.34. The first-order valence-corrected chi connectivity index (χ1v) is 9.20. The molecule has 1 aromatic carbocycles. The topological polar surface area (TPSA) is 25.4 Å². The third-order valence-corrected chi connectivity index (χ3v) is 6.44. The van der Waals surface area contributed by atoms with Crippen molar-refractivity contribution in [2.24, 2.45) is 11.8 Å². The third-order valence-electron chi connectivity index (χ3n) is 5.82. The number of nitrogens with zero attached hydrogens (tertiary/aromatic N) is 2. The highest BCUT2D eigenvalue weighted by molar-refractivity contribution is 7.80. The van der Waals surface area contributed by atoms with Gasteiger partial charge in [0.15, 0.2) is 0 Å². The van der Waals surface area contributed by atoms with Gasteiger partial charge in [-0.3, -0.25) is 9.88 Å². The molecule has 3 fully saturated rings. The molecule has 4 heteroatoms. The minimum absolute atomic E-state index is 0.191. The molecule has 0 radical (unpaired) electrons. The van der Waals surface area contributed by atoms with Crippen LogP contribution in [0.5, 0.6) is 5.75 Å². The normalized spacial score (nSPS) is 30.2. The molecule has 3 saturated heterocycles. The SMILES string of the molecule is C=C[C@H]1CN2CC[C@H]1C[C@H]2[C@@H](S)c1ccnc2ccc(OC)cc12. The van der Waals surface area contributed by atoms with Crippen LogP contribution >= 0.6 is 12.6 Å². The van der Waals surface area contributed by atoms with E-state index in [0.717, 1.165) is 29.1 Å². The molecule has 0 N–H and O–H groups in total. The first kappa shape index (κ1) is 16.0. The number of hydrogen-bond acceptors (Lipinski definition) is 4. The van der Waals surface area contributed by atoms with E-state index in [1.54, 1.807) is 7.11 Å². The Balaban J connectivity index is 1.69. The Labute approximate surface area is 149 Å². The second-order valence-electron chi connectivity index (χ2n) is 6.97. The van der Waals surface area contributed by atoms with E-state index in [-0.39, 0.29) is 5.25 Å². The number of piperidine rings is 3. The number of rotatable bonds is 4. The molecule has 24 heavy (non-hydrogen) atoms. The van der Waals surface area contributed by atoms with Crippen molar-refractivity contribution in [3.63, 3.8) is 0 Å². The predicted molar refractivity (Wildman–Crippen MR) is 102 cm³/mol. The lowest BCUT2D eigenvalue weighted by atomic mass is 9.74. The van der Waals surface area contributed by atoms with Crippen LogP contribution in [-0.2, 0) is 0 Å². The summed E-state index contributed by atoms with van der Waals surface area (Å²) in [4.78, 5) is 7.11. The van der Waals surface area contributed by atoms with Gasteiger partial charge in [-0.05, 0) is 61.1 Å². The zero-order chi connectivity index (χ0) is 16.7. The lowest BCUT2D eigenvalue weighted by Gasteiger charge is -2.51. The van der Waals surface area contributed by atoms with Crippen LogP contribution in [0.25, 0.3) is 10.9 Å². The Morgan fingerprint density at radius 1 is 1.42 bits per heavy atom. The van der Waals surface area contributed by atoms with E-state index in [1.165, 1.54) is 24.9 Å². The fraction of sp³-hybridized carbons (Fsp3) is 0.450. The summed E-state index contributed by atoms with van der Waals surface area (Å²) in [5.41, 5.74) is 2.27. The molecule has 3 aliphatic rings. The molecule has 3 nitrogen and oxygen atoms in total. The van der Waals surface area contributed by atoms with Gasteiger partial charge in [-0.1, -0.05) is 6.08 Å². The van der Waals surface area contributed by atoms with Gasteiger partial charge in [-0.2, -0.15) is 12.6 Å². The van der Waals surface area contributed by atoms with Gasteiger partial charge in [0, 0.05) is 29.4 Å². The molecule has 126 valence electrons. The van der Waals surface area contributed by atoms with Crippen LogP contribution in [0.1, 0.15) is 23.7 Å². The van der Waals surface area contributed by atoms with Gasteiger partial charge < -0.3 is 4.74 Å². The summed E-state index contributed by atoms with van der Waals surface area (Å²) in [6.45, 7) is 6.33. The summed E-state index contributed by atoms with van der Waals surface area (Å²) >= 11 is 5.06. The number of fused-ring (bicyclic) bond motifs is 4. The second kappa shape index (κ2) is 6.41. The highest BCUT2D eigenvalue weighted by Crippen LogP contribution is 2.44. The van der Waals surface area contributed by atoms with Gasteiger partial charge in [0.2, 0.25) is 0 Å². The fourth-order valence-electron chi connectivity index (χ4n) is 4.44. The predicted octanol–water partition coefficient (Wildman–Crippen LogP) is 4.11. The van der Waals surface area contributed by atoms with Crippen LogP contribution in [0.4, 0.5) is 0 Å². The van der Waals surface area contributed by atoms with Gasteiger partial charge >= 0.3 is 0 Å². The number of pyridine rings is 1. The van der Waals surface area contributed by atoms with Crippen molar-refractivity contribution in [2.45, 2.75) is 24.1 Å². The van der Waals surface area contributed by atoms with Gasteiger partial charge in [-0.25, -0.2) is 0 Å². The highest BCUT2D eigenvalue weighted by Gasteiger charge is 2.41. The van der Waals surface area contributed by atoms with E-state index in [2.05, 4.69) is 34.7 Å². The van der Waals surface area contributed by atoms with E-state index in [9.17, 15) is 0 Å². The fourth-order valence-corrected chi connectivity index (χ4v) is 4.98. The molecular weight excluding hydrogens is 316 g/mol. The van der Waals surface area contributed by atoms with Crippen LogP contribution in [-0.4, -0.2) is 36.1 Å². The van der Waals surface area contributed by atoms with E-state index in [4.69, 9.17) is 17.4 Å². The monoisotopic (exact) mass is 340 g/mol. The van der Waals surface area contributed by atoms with Gasteiger partial charge in [0.05, 0.1) is 12.6 Å². The molecule has 1 unspecified atom stereocenters. The minimum atomic E-state index is 0.191. The molecule has 0 saturated carbocycles. The maximum Gasteiger partial charge on any atom is 0.119 e. The maximum absolute atomic E-state index is 5.41. The average molecular weight is 340 g/mol. The molecule has 0 amide bonds. The number of thiol groups is 1. The van der Waals surface area contributed by atoms with Crippen molar-refractivity contribution < 1.29 is 4.74 Å². The van der Waals surface area contributed by atoms with Crippen LogP contribution < -0.4 is 4.74 Å². The molecular formula is C20H24N2OS. The number of aromatic nitrogens is 1. The van der Waals surface area contributed by atoms with Gasteiger partial charge in [0.25, 0.3) is 0 Å². The van der Waals surface area contributed by atoms with Crippen molar-refractivity contribution in [2.75, 3.05) is 20.2 Å². The van der Waals surface area contributed by atoms with E-state index < -0.39 is 0 Å². The van der Waals surface area contributed by atoms with Crippen molar-refractivity contribution in [3.8, 4) is 5.75 Å². The number of ether oxygens (including phenoxy) is 1. The standard InChI is InChI=1S/C20H24N2OS/c1-3-13-12-22-9-7-14(13)10-19(22)20(24)16-6-8-21-18-5-4-15(23-2)11-17(16)18/h3-6,8,11,13-14,19-20,24H,1,7,9-10,12H2,2H3/t13-,14-,19-,20-/m0/s1. The molecule has 0 aliphatic carbocycles. The van der Waals surface area contributed by atoms with Crippen molar-refractivity contribution >= 4 is 23.5 Å². The van der Waals surface area contributed by atoms with E-state index in [0.29, 0.717) is 12.0 Å². The molecule has 3 aliphatic heterocycles. The summed E-state index contributed by atoms with van der Waals surface area (Å²) in [5.74, 6) is 2.27. The summed E-state index contributed by atoms with van der Waals surface area (Å²) in [7, 11) is 1.70. The lowest BCUT2D eigenvalue weighted by Crippen LogP contribution is -2.54. The Bertz CT molecular complexity index is 762. The molecule has 5 atom stereocenters. The average Bonchev–Trinajstić information content (AvgIpc) is 2.66. The quantitative estimate of drug-likeness (QED) is 0.670. The molecule has 2 bridgehead atoms. The minimum Gasteiger partial charge on any atom is -0.497 e. The maximum atomic E-state index is 5.41. The largest absolute Gasteiger partial charge is 0.497 e. The Hall–Kier alpha value is -1.52. The van der Waals surface area contributed by atoms with Crippen molar-refractivity contribution in [1.82, 2.24) is 9.88 Å². The smallest absolute Gasteiger partial charge is 0.119 e. The molecule has 1 aromatic heterocycles. The zero-order valence-electron chi connectivity index (χ0n) is 14.1. The number of methoxy groups -OCH3 is 1. The first-order valence-electron chi connectivity index (χ1n) is 8.68. The van der Waals surface area contributed by atoms with Crippen LogP contribution in [0.2, 0.25) is 0 Å². The van der Waals surface area contributed by atoms with E-state index in [1.807, 2.05) is 18.3 Å². The van der Waals surface area contributed by atoms with Crippen molar-refractivity contribution in [1.29, 1.82) is 0 Å². The zero-order valence-corrected chi connectivity index (χ0v) is 15.0. The Morgan fingerprint density at radius 2 is 2.29 bits per heavy atom. The third kappa shape index (κ3) is 2.62.